The van der Waals surface area contributed by atoms with Gasteiger partial charge in [0.25, 0.3) is 0 Å². The van der Waals surface area contributed by atoms with Crippen LogP contribution in [0.4, 0.5) is 0 Å². The number of hydrogen-bond donors (Lipinski definition) is 0. The van der Waals surface area contributed by atoms with Crippen LogP contribution in [0.2, 0.25) is 0 Å². The van der Waals surface area contributed by atoms with Crippen LogP contribution in [0, 0.1) is 6.92 Å². The number of para-hydroxylation sites is 1. The van der Waals surface area contributed by atoms with Crippen LogP contribution in [0.15, 0.2) is 77.2 Å². The lowest BCUT2D eigenvalue weighted by atomic mass is 9.76. The minimum atomic E-state index is 0.226. The van der Waals surface area contributed by atoms with Crippen LogP contribution in [-0.4, -0.2) is 11.6 Å². The summed E-state index contributed by atoms with van der Waals surface area (Å²) in [6, 6.07) is 25.3. The topological polar surface area (TPSA) is 35.3 Å². The Morgan fingerprint density at radius 1 is 0.885 bits per heavy atom. The number of nitrogens with zero attached hydrogens (tertiary/aromatic N) is 1. The predicted molar refractivity (Wildman–Crippen MR) is 102 cm³/mol. The summed E-state index contributed by atoms with van der Waals surface area (Å²) in [5, 5.41) is 0. The molecule has 0 fully saturated rings. The summed E-state index contributed by atoms with van der Waals surface area (Å²) >= 11 is 0. The SMILES string of the molecule is Cc1nc2cc(C3c4ccccc4OCC3c3ccccc3)ccc2o1. The lowest BCUT2D eigenvalue weighted by Crippen LogP contribution is -2.25. The van der Waals surface area contributed by atoms with Gasteiger partial charge in [0, 0.05) is 24.3 Å². The number of oxazole rings is 1. The molecule has 0 amide bonds. The zero-order chi connectivity index (χ0) is 17.5. The highest BCUT2D eigenvalue weighted by Gasteiger charge is 2.33. The highest BCUT2D eigenvalue weighted by Crippen LogP contribution is 2.46. The number of ether oxygens (including phenoxy) is 1. The number of benzene rings is 3. The molecule has 1 aliphatic heterocycles. The first-order valence-electron chi connectivity index (χ1n) is 8.93. The molecule has 1 aliphatic rings. The van der Waals surface area contributed by atoms with E-state index in [9.17, 15) is 0 Å². The molecule has 2 atom stereocenters. The summed E-state index contributed by atoms with van der Waals surface area (Å²) < 4.78 is 11.8. The van der Waals surface area contributed by atoms with Crippen molar-refractivity contribution in [3.05, 3.63) is 95.4 Å². The summed E-state index contributed by atoms with van der Waals surface area (Å²) in [6.45, 7) is 2.55. The fraction of sp³-hybridized carbons (Fsp3) is 0.174. The van der Waals surface area contributed by atoms with Gasteiger partial charge in [-0.15, -0.1) is 0 Å². The normalized spacial score (nSPS) is 19.1. The first-order valence-corrected chi connectivity index (χ1v) is 8.93. The third kappa shape index (κ3) is 2.48. The Morgan fingerprint density at radius 2 is 1.69 bits per heavy atom. The molecule has 2 unspecified atom stereocenters. The second-order valence-corrected chi connectivity index (χ2v) is 6.80. The Kier molecular flexibility index (Phi) is 3.52. The van der Waals surface area contributed by atoms with Gasteiger partial charge >= 0.3 is 0 Å². The highest BCUT2D eigenvalue weighted by atomic mass is 16.5. The summed E-state index contributed by atoms with van der Waals surface area (Å²) in [5.74, 6) is 2.16. The number of aromatic nitrogens is 1. The zero-order valence-electron chi connectivity index (χ0n) is 14.6. The first kappa shape index (κ1) is 15.2. The number of hydrogen-bond acceptors (Lipinski definition) is 3. The Bertz CT molecular complexity index is 1070. The molecular formula is C23H19NO2. The number of fused-ring (bicyclic) bond motifs is 2. The van der Waals surface area contributed by atoms with Crippen LogP contribution < -0.4 is 4.74 Å². The summed E-state index contributed by atoms with van der Waals surface area (Å²) in [5.41, 5.74) is 5.52. The maximum absolute atomic E-state index is 6.10. The molecule has 3 aromatic carbocycles. The highest BCUT2D eigenvalue weighted by molar-refractivity contribution is 5.74. The van der Waals surface area contributed by atoms with Gasteiger partial charge in [-0.05, 0) is 29.3 Å². The molecule has 0 radical (unpaired) electrons. The minimum Gasteiger partial charge on any atom is -0.493 e. The largest absolute Gasteiger partial charge is 0.493 e. The molecule has 1 aromatic heterocycles. The third-order valence-electron chi connectivity index (χ3n) is 5.18. The van der Waals surface area contributed by atoms with E-state index in [0.29, 0.717) is 12.5 Å². The van der Waals surface area contributed by atoms with Crippen molar-refractivity contribution >= 4 is 11.1 Å². The van der Waals surface area contributed by atoms with E-state index in [-0.39, 0.29) is 11.8 Å². The maximum atomic E-state index is 6.10. The van der Waals surface area contributed by atoms with Gasteiger partial charge in [-0.25, -0.2) is 4.98 Å². The van der Waals surface area contributed by atoms with Gasteiger partial charge in [0.2, 0.25) is 0 Å². The quantitative estimate of drug-likeness (QED) is 0.487. The van der Waals surface area contributed by atoms with E-state index in [1.807, 2.05) is 19.1 Å². The van der Waals surface area contributed by atoms with Crippen LogP contribution in [0.5, 0.6) is 5.75 Å². The van der Waals surface area contributed by atoms with Crippen molar-refractivity contribution in [1.82, 2.24) is 4.98 Å². The Labute approximate surface area is 152 Å². The molecule has 3 nitrogen and oxygen atoms in total. The van der Waals surface area contributed by atoms with Crippen molar-refractivity contribution in [3.63, 3.8) is 0 Å². The van der Waals surface area contributed by atoms with Crippen molar-refractivity contribution in [2.75, 3.05) is 6.61 Å². The van der Waals surface area contributed by atoms with E-state index >= 15 is 0 Å². The molecule has 128 valence electrons. The van der Waals surface area contributed by atoms with E-state index < -0.39 is 0 Å². The number of rotatable bonds is 2. The summed E-state index contributed by atoms with van der Waals surface area (Å²) in [6.07, 6.45) is 0. The second-order valence-electron chi connectivity index (χ2n) is 6.80. The molecule has 4 aromatic rings. The van der Waals surface area contributed by atoms with Gasteiger partial charge in [0.05, 0.1) is 6.61 Å². The molecular weight excluding hydrogens is 322 g/mol. The predicted octanol–water partition coefficient (Wildman–Crippen LogP) is 5.44. The molecule has 0 bridgehead atoms. The van der Waals surface area contributed by atoms with Crippen molar-refractivity contribution in [2.24, 2.45) is 0 Å². The van der Waals surface area contributed by atoms with Crippen LogP contribution >= 0.6 is 0 Å². The molecule has 0 N–H and O–H groups in total. The van der Waals surface area contributed by atoms with Crippen LogP contribution in [0.25, 0.3) is 11.1 Å². The van der Waals surface area contributed by atoms with Crippen molar-refractivity contribution in [1.29, 1.82) is 0 Å². The summed E-state index contributed by atoms with van der Waals surface area (Å²) in [7, 11) is 0. The molecule has 0 saturated heterocycles. The molecule has 3 heteroatoms. The van der Waals surface area contributed by atoms with E-state index in [2.05, 4.69) is 65.6 Å². The van der Waals surface area contributed by atoms with Crippen LogP contribution in [0.1, 0.15) is 34.4 Å². The van der Waals surface area contributed by atoms with Gasteiger partial charge < -0.3 is 9.15 Å². The molecule has 26 heavy (non-hydrogen) atoms. The average molecular weight is 341 g/mol. The lowest BCUT2D eigenvalue weighted by molar-refractivity contribution is 0.249. The van der Waals surface area contributed by atoms with Crippen molar-refractivity contribution < 1.29 is 9.15 Å². The maximum Gasteiger partial charge on any atom is 0.192 e. The van der Waals surface area contributed by atoms with Crippen LogP contribution in [-0.2, 0) is 0 Å². The van der Waals surface area contributed by atoms with Gasteiger partial charge in [-0.3, -0.25) is 0 Å². The van der Waals surface area contributed by atoms with Crippen molar-refractivity contribution in [3.8, 4) is 5.75 Å². The third-order valence-corrected chi connectivity index (χ3v) is 5.18. The fourth-order valence-electron chi connectivity index (χ4n) is 4.02. The average Bonchev–Trinajstić information content (AvgIpc) is 3.07. The smallest absolute Gasteiger partial charge is 0.192 e. The van der Waals surface area contributed by atoms with Gasteiger partial charge in [-0.1, -0.05) is 54.6 Å². The second kappa shape index (κ2) is 6.03. The first-order chi connectivity index (χ1) is 12.8. The molecule has 0 aliphatic carbocycles. The van der Waals surface area contributed by atoms with E-state index in [0.717, 1.165) is 16.8 Å². The fourth-order valence-corrected chi connectivity index (χ4v) is 4.02. The Morgan fingerprint density at radius 3 is 2.58 bits per heavy atom. The standard InChI is InChI=1S/C23H19NO2/c1-15-24-20-13-17(11-12-22(20)26-15)23-18-9-5-6-10-21(18)25-14-19(23)16-7-3-2-4-8-16/h2-13,19,23H,14H2,1H3. The monoisotopic (exact) mass is 341 g/mol. The Hall–Kier alpha value is -3.07. The lowest BCUT2D eigenvalue weighted by Gasteiger charge is -2.34. The molecule has 0 saturated carbocycles. The molecule has 2 heterocycles. The Balaban J connectivity index is 1.69. The van der Waals surface area contributed by atoms with Gasteiger partial charge in [0.1, 0.15) is 11.3 Å². The number of aryl methyl sites for hydroxylation is 1. The van der Waals surface area contributed by atoms with Crippen LogP contribution in [0.3, 0.4) is 0 Å². The van der Waals surface area contributed by atoms with Crippen molar-refractivity contribution in [2.45, 2.75) is 18.8 Å². The zero-order valence-corrected chi connectivity index (χ0v) is 14.6. The summed E-state index contributed by atoms with van der Waals surface area (Å²) in [4.78, 5) is 4.52. The van der Waals surface area contributed by atoms with E-state index in [4.69, 9.17) is 9.15 Å². The van der Waals surface area contributed by atoms with E-state index in [1.54, 1.807) is 0 Å². The van der Waals surface area contributed by atoms with Gasteiger partial charge in [0.15, 0.2) is 11.5 Å². The minimum absolute atomic E-state index is 0.226. The molecule has 5 rings (SSSR count). The van der Waals surface area contributed by atoms with Gasteiger partial charge in [-0.2, -0.15) is 0 Å². The van der Waals surface area contributed by atoms with E-state index in [1.165, 1.54) is 16.7 Å². The molecule has 0 spiro atoms.